The normalized spacial score (nSPS) is 20.6. The average Bonchev–Trinajstić information content (AvgIpc) is 2.80. The summed E-state index contributed by atoms with van der Waals surface area (Å²) in [5.74, 6) is 1.04. The van der Waals surface area contributed by atoms with Crippen LogP contribution < -0.4 is 15.8 Å². The van der Waals surface area contributed by atoms with Crippen LogP contribution in [0.25, 0.3) is 0 Å². The first kappa shape index (κ1) is 9.04. The van der Waals surface area contributed by atoms with Gasteiger partial charge in [0.1, 0.15) is 5.75 Å². The van der Waals surface area contributed by atoms with Crippen LogP contribution in [0.4, 0.5) is 5.69 Å². The Labute approximate surface area is 89.6 Å². The molecule has 0 atom stereocenters. The molecule has 1 aliphatic heterocycles. The molecule has 3 heteroatoms. The summed E-state index contributed by atoms with van der Waals surface area (Å²) in [4.78, 5) is 0. The maximum Gasteiger partial charge on any atom is 0.122 e. The van der Waals surface area contributed by atoms with Crippen molar-refractivity contribution in [3.8, 4) is 5.75 Å². The van der Waals surface area contributed by atoms with Gasteiger partial charge in [0.25, 0.3) is 0 Å². The van der Waals surface area contributed by atoms with Gasteiger partial charge < -0.3 is 15.8 Å². The van der Waals surface area contributed by atoms with E-state index in [1.807, 2.05) is 6.07 Å². The maximum atomic E-state index is 6.02. The quantitative estimate of drug-likeness (QED) is 0.784. The van der Waals surface area contributed by atoms with Crippen molar-refractivity contribution in [2.45, 2.75) is 24.8 Å². The molecule has 0 aromatic heterocycles. The molecule has 0 bridgehead atoms. The minimum atomic E-state index is 0.0650. The predicted molar refractivity (Wildman–Crippen MR) is 60.3 cm³/mol. The maximum absolute atomic E-state index is 6.02. The molecule has 0 amide bonds. The first-order valence-electron chi connectivity index (χ1n) is 5.54. The highest BCUT2D eigenvalue weighted by molar-refractivity contribution is 5.52. The minimum Gasteiger partial charge on any atom is -0.493 e. The van der Waals surface area contributed by atoms with Gasteiger partial charge in [-0.25, -0.2) is 0 Å². The molecule has 1 heterocycles. The molecule has 0 saturated heterocycles. The Bertz CT molecular complexity index is 385. The lowest BCUT2D eigenvalue weighted by atomic mass is 10.1. The summed E-state index contributed by atoms with van der Waals surface area (Å²) in [5, 5.41) is 3.40. The molecule has 0 spiro atoms. The number of hydrogen-bond donors (Lipinski definition) is 2. The molecule has 3 nitrogen and oxygen atoms in total. The Morgan fingerprint density at radius 2 is 2.27 bits per heavy atom. The van der Waals surface area contributed by atoms with Gasteiger partial charge in [0.2, 0.25) is 0 Å². The minimum absolute atomic E-state index is 0.0650. The van der Waals surface area contributed by atoms with Crippen LogP contribution in [0.3, 0.4) is 0 Å². The number of fused-ring (bicyclic) bond motifs is 1. The van der Waals surface area contributed by atoms with Gasteiger partial charge in [-0.2, -0.15) is 0 Å². The van der Waals surface area contributed by atoms with E-state index in [4.69, 9.17) is 10.5 Å². The number of hydrogen-bond acceptors (Lipinski definition) is 3. The van der Waals surface area contributed by atoms with Crippen LogP contribution in [-0.4, -0.2) is 18.7 Å². The molecular formula is C12H16N2O. The Balaban J connectivity index is 1.70. The van der Waals surface area contributed by atoms with Crippen molar-refractivity contribution in [2.75, 3.05) is 18.5 Å². The van der Waals surface area contributed by atoms with Gasteiger partial charge in [0.15, 0.2) is 0 Å². The average molecular weight is 204 g/mol. The predicted octanol–water partition coefficient (Wildman–Crippen LogP) is 1.52. The van der Waals surface area contributed by atoms with Crippen molar-refractivity contribution in [1.82, 2.24) is 0 Å². The van der Waals surface area contributed by atoms with Crippen molar-refractivity contribution in [2.24, 2.45) is 5.73 Å². The smallest absolute Gasteiger partial charge is 0.122 e. The molecule has 3 N–H and O–H groups in total. The van der Waals surface area contributed by atoms with Gasteiger partial charge in [-0.15, -0.1) is 0 Å². The molecule has 80 valence electrons. The second-order valence-electron chi connectivity index (χ2n) is 4.64. The fourth-order valence-electron chi connectivity index (χ4n) is 1.91. The van der Waals surface area contributed by atoms with E-state index < -0.39 is 0 Å². The highest BCUT2D eigenvalue weighted by atomic mass is 16.5. The molecule has 1 aromatic carbocycles. The van der Waals surface area contributed by atoms with Crippen LogP contribution in [-0.2, 0) is 6.42 Å². The summed E-state index contributed by atoms with van der Waals surface area (Å²) in [7, 11) is 0. The third-order valence-electron chi connectivity index (χ3n) is 3.23. The molecule has 15 heavy (non-hydrogen) atoms. The summed E-state index contributed by atoms with van der Waals surface area (Å²) < 4.78 is 5.46. The van der Waals surface area contributed by atoms with E-state index >= 15 is 0 Å². The first-order valence-corrected chi connectivity index (χ1v) is 5.54. The first-order chi connectivity index (χ1) is 7.25. The molecule has 0 radical (unpaired) electrons. The van der Waals surface area contributed by atoms with Gasteiger partial charge in [0, 0.05) is 24.2 Å². The lowest BCUT2D eigenvalue weighted by Gasteiger charge is -2.12. The number of benzene rings is 1. The SMILES string of the molecule is NC1(CNc2ccc3c(c2)CCO3)CC1. The van der Waals surface area contributed by atoms with Crippen molar-refractivity contribution >= 4 is 5.69 Å². The summed E-state index contributed by atoms with van der Waals surface area (Å²) in [6.07, 6.45) is 3.32. The number of rotatable bonds is 3. The Kier molecular flexibility index (Phi) is 1.89. The van der Waals surface area contributed by atoms with Crippen molar-refractivity contribution < 1.29 is 4.74 Å². The second-order valence-corrected chi connectivity index (χ2v) is 4.64. The van der Waals surface area contributed by atoms with Crippen LogP contribution in [0, 0.1) is 0 Å². The Hall–Kier alpha value is -1.22. The number of nitrogens with two attached hydrogens (primary N) is 1. The van der Waals surface area contributed by atoms with Crippen LogP contribution >= 0.6 is 0 Å². The standard InChI is InChI=1S/C12H16N2O/c13-12(4-5-12)8-14-10-1-2-11-9(7-10)3-6-15-11/h1-2,7,14H,3-6,8,13H2. The Morgan fingerprint density at radius 1 is 1.40 bits per heavy atom. The van der Waals surface area contributed by atoms with E-state index in [9.17, 15) is 0 Å². The van der Waals surface area contributed by atoms with Crippen LogP contribution in [0.5, 0.6) is 5.75 Å². The molecule has 3 rings (SSSR count). The number of nitrogens with one attached hydrogen (secondary N) is 1. The monoisotopic (exact) mass is 204 g/mol. The molecular weight excluding hydrogens is 188 g/mol. The van der Waals surface area contributed by atoms with E-state index in [1.54, 1.807) is 0 Å². The van der Waals surface area contributed by atoms with Crippen LogP contribution in [0.15, 0.2) is 18.2 Å². The summed E-state index contributed by atoms with van der Waals surface area (Å²) in [6, 6.07) is 6.28. The van der Waals surface area contributed by atoms with E-state index in [0.29, 0.717) is 0 Å². The van der Waals surface area contributed by atoms with Crippen LogP contribution in [0.1, 0.15) is 18.4 Å². The third kappa shape index (κ3) is 1.79. The molecule has 0 unspecified atom stereocenters. The zero-order valence-electron chi connectivity index (χ0n) is 8.75. The highest BCUT2D eigenvalue weighted by Gasteiger charge is 2.37. The van der Waals surface area contributed by atoms with Gasteiger partial charge in [-0.3, -0.25) is 0 Å². The van der Waals surface area contributed by atoms with Crippen molar-refractivity contribution in [3.05, 3.63) is 23.8 Å². The highest BCUT2D eigenvalue weighted by Crippen LogP contribution is 2.33. The third-order valence-corrected chi connectivity index (χ3v) is 3.23. The van der Waals surface area contributed by atoms with E-state index in [2.05, 4.69) is 17.4 Å². The van der Waals surface area contributed by atoms with Crippen molar-refractivity contribution in [1.29, 1.82) is 0 Å². The molecule has 1 aliphatic carbocycles. The van der Waals surface area contributed by atoms with Gasteiger partial charge in [-0.05, 0) is 36.6 Å². The number of ether oxygens (including phenoxy) is 1. The van der Waals surface area contributed by atoms with E-state index in [1.165, 1.54) is 5.56 Å². The lowest BCUT2D eigenvalue weighted by Crippen LogP contribution is -2.31. The lowest BCUT2D eigenvalue weighted by molar-refractivity contribution is 0.357. The van der Waals surface area contributed by atoms with Crippen LogP contribution in [0.2, 0.25) is 0 Å². The summed E-state index contributed by atoms with van der Waals surface area (Å²) >= 11 is 0. The molecule has 2 aliphatic rings. The zero-order valence-corrected chi connectivity index (χ0v) is 8.75. The van der Waals surface area contributed by atoms with E-state index in [-0.39, 0.29) is 5.54 Å². The number of anilines is 1. The summed E-state index contributed by atoms with van der Waals surface area (Å²) in [6.45, 7) is 1.70. The zero-order chi connectivity index (χ0) is 10.3. The molecule has 1 aromatic rings. The fraction of sp³-hybridized carbons (Fsp3) is 0.500. The van der Waals surface area contributed by atoms with Gasteiger partial charge in [-0.1, -0.05) is 0 Å². The molecule has 1 fully saturated rings. The second kappa shape index (κ2) is 3.14. The summed E-state index contributed by atoms with van der Waals surface area (Å²) in [5.41, 5.74) is 8.56. The van der Waals surface area contributed by atoms with Crippen molar-refractivity contribution in [3.63, 3.8) is 0 Å². The largest absolute Gasteiger partial charge is 0.493 e. The van der Waals surface area contributed by atoms with Gasteiger partial charge in [0.05, 0.1) is 6.61 Å². The molecule has 1 saturated carbocycles. The van der Waals surface area contributed by atoms with Gasteiger partial charge >= 0.3 is 0 Å². The Morgan fingerprint density at radius 3 is 3.07 bits per heavy atom. The topological polar surface area (TPSA) is 47.3 Å². The van der Waals surface area contributed by atoms with E-state index in [0.717, 1.165) is 43.9 Å². The fourth-order valence-corrected chi connectivity index (χ4v) is 1.91.